The molecule has 6 heteroatoms. The van der Waals surface area contributed by atoms with Gasteiger partial charge >= 0.3 is 0 Å². The van der Waals surface area contributed by atoms with E-state index < -0.39 is 17.7 Å². The fourth-order valence-corrected chi connectivity index (χ4v) is 2.04. The van der Waals surface area contributed by atoms with Crippen LogP contribution in [0.5, 0.6) is 0 Å². The van der Waals surface area contributed by atoms with E-state index in [1.165, 1.54) is 0 Å². The van der Waals surface area contributed by atoms with Gasteiger partial charge in [0.2, 0.25) is 5.91 Å². The average molecular weight is 270 g/mol. The van der Waals surface area contributed by atoms with Crippen LogP contribution in [0.3, 0.4) is 0 Å². The molecule has 1 aromatic heterocycles. The molecule has 104 valence electrons. The van der Waals surface area contributed by atoms with Crippen molar-refractivity contribution in [3.05, 3.63) is 29.6 Å². The van der Waals surface area contributed by atoms with Gasteiger partial charge in [0.1, 0.15) is 11.6 Å². The third-order valence-electron chi connectivity index (χ3n) is 3.11. The van der Waals surface area contributed by atoms with Crippen LogP contribution in [0.2, 0.25) is 0 Å². The Bertz CT molecular complexity index is 490. The quantitative estimate of drug-likeness (QED) is 0.910. The maximum Gasteiger partial charge on any atom is 0.221 e. The lowest BCUT2D eigenvalue weighted by molar-refractivity contribution is -0.139. The Hall–Kier alpha value is -1.56. The molecule has 1 N–H and O–H groups in total. The number of nitrogens with zero attached hydrogens (tertiary/aromatic N) is 1. The van der Waals surface area contributed by atoms with E-state index in [1.54, 1.807) is 6.92 Å². The number of carbonyl (C=O) groups excluding carboxylic acids is 1. The highest BCUT2D eigenvalue weighted by Crippen LogP contribution is 2.30. The molecule has 19 heavy (non-hydrogen) atoms. The Labute approximate surface area is 110 Å². The normalized spacial score (nSPS) is 18.5. The molecule has 0 aliphatic carbocycles. The smallest absolute Gasteiger partial charge is 0.221 e. The SMILES string of the molecule is C[C@H](NC(=O)CC1(C)COC1)c1ncc(F)cc1F. The highest BCUT2D eigenvalue weighted by Gasteiger charge is 2.35. The van der Waals surface area contributed by atoms with Gasteiger partial charge in [-0.1, -0.05) is 6.92 Å². The molecule has 4 nitrogen and oxygen atoms in total. The number of carbonyl (C=O) groups is 1. The number of aromatic nitrogens is 1. The molecule has 0 spiro atoms. The van der Waals surface area contributed by atoms with Crippen molar-refractivity contribution in [1.82, 2.24) is 10.3 Å². The molecular weight excluding hydrogens is 254 g/mol. The number of nitrogens with one attached hydrogen (secondary N) is 1. The molecule has 0 unspecified atom stereocenters. The summed E-state index contributed by atoms with van der Waals surface area (Å²) in [6.07, 6.45) is 1.25. The maximum absolute atomic E-state index is 13.5. The zero-order chi connectivity index (χ0) is 14.0. The largest absolute Gasteiger partial charge is 0.380 e. The van der Waals surface area contributed by atoms with E-state index in [2.05, 4.69) is 10.3 Å². The predicted molar refractivity (Wildman–Crippen MR) is 64.3 cm³/mol. The van der Waals surface area contributed by atoms with Gasteiger partial charge in [0.05, 0.1) is 31.1 Å². The molecule has 1 aliphatic rings. The Balaban J connectivity index is 1.96. The van der Waals surface area contributed by atoms with Crippen molar-refractivity contribution >= 4 is 5.91 Å². The maximum atomic E-state index is 13.5. The molecule has 2 rings (SSSR count). The van der Waals surface area contributed by atoms with Crippen molar-refractivity contribution in [2.45, 2.75) is 26.3 Å². The van der Waals surface area contributed by atoms with Crippen LogP contribution in [0, 0.1) is 17.0 Å². The van der Waals surface area contributed by atoms with E-state index in [1.807, 2.05) is 6.92 Å². The third-order valence-corrected chi connectivity index (χ3v) is 3.11. The summed E-state index contributed by atoms with van der Waals surface area (Å²) in [6, 6.07) is 0.157. The first-order chi connectivity index (χ1) is 8.89. The highest BCUT2D eigenvalue weighted by molar-refractivity contribution is 5.77. The molecule has 1 aromatic rings. The molecule has 2 heterocycles. The first-order valence-corrected chi connectivity index (χ1v) is 6.08. The monoisotopic (exact) mass is 270 g/mol. The number of ether oxygens (including phenoxy) is 1. The Morgan fingerprint density at radius 2 is 2.26 bits per heavy atom. The summed E-state index contributed by atoms with van der Waals surface area (Å²) in [4.78, 5) is 15.5. The first-order valence-electron chi connectivity index (χ1n) is 6.08. The lowest BCUT2D eigenvalue weighted by Crippen LogP contribution is -2.44. The Morgan fingerprint density at radius 1 is 1.58 bits per heavy atom. The predicted octanol–water partition coefficient (Wildman–Crippen LogP) is 1.96. The summed E-state index contributed by atoms with van der Waals surface area (Å²) in [5.74, 6) is -1.69. The van der Waals surface area contributed by atoms with E-state index in [0.29, 0.717) is 19.6 Å². The van der Waals surface area contributed by atoms with Crippen LogP contribution in [-0.2, 0) is 9.53 Å². The van der Waals surface area contributed by atoms with Gasteiger partial charge in [0.25, 0.3) is 0 Å². The van der Waals surface area contributed by atoms with Gasteiger partial charge in [0, 0.05) is 17.9 Å². The van der Waals surface area contributed by atoms with Crippen LogP contribution in [0.15, 0.2) is 12.3 Å². The van der Waals surface area contributed by atoms with E-state index in [4.69, 9.17) is 4.74 Å². The van der Waals surface area contributed by atoms with E-state index in [9.17, 15) is 13.6 Å². The highest BCUT2D eigenvalue weighted by atomic mass is 19.1. The van der Waals surface area contributed by atoms with Gasteiger partial charge in [-0.3, -0.25) is 9.78 Å². The Kier molecular flexibility index (Phi) is 3.80. The number of halogens is 2. The molecule has 1 amide bonds. The van der Waals surface area contributed by atoms with Crippen LogP contribution in [0.1, 0.15) is 32.0 Å². The molecule has 1 aliphatic heterocycles. The van der Waals surface area contributed by atoms with Gasteiger partial charge in [-0.25, -0.2) is 8.78 Å². The van der Waals surface area contributed by atoms with Crippen LogP contribution >= 0.6 is 0 Å². The van der Waals surface area contributed by atoms with Crippen molar-refractivity contribution < 1.29 is 18.3 Å². The first kappa shape index (κ1) is 13.9. The van der Waals surface area contributed by atoms with Crippen LogP contribution < -0.4 is 5.32 Å². The van der Waals surface area contributed by atoms with Crippen LogP contribution in [0.4, 0.5) is 8.78 Å². The number of hydrogen-bond acceptors (Lipinski definition) is 3. The summed E-state index contributed by atoms with van der Waals surface area (Å²) < 4.78 is 31.3. The molecule has 0 saturated carbocycles. The second-order valence-electron chi connectivity index (χ2n) is 5.29. The van der Waals surface area contributed by atoms with Gasteiger partial charge in [-0.2, -0.15) is 0 Å². The van der Waals surface area contributed by atoms with E-state index in [-0.39, 0.29) is 17.0 Å². The molecule has 1 atom stereocenters. The van der Waals surface area contributed by atoms with Gasteiger partial charge in [0.15, 0.2) is 0 Å². The van der Waals surface area contributed by atoms with Gasteiger partial charge in [-0.05, 0) is 6.92 Å². The van der Waals surface area contributed by atoms with Crippen LogP contribution in [-0.4, -0.2) is 24.1 Å². The third kappa shape index (κ3) is 3.26. The Morgan fingerprint density at radius 3 is 2.79 bits per heavy atom. The van der Waals surface area contributed by atoms with E-state index >= 15 is 0 Å². The molecule has 0 aromatic carbocycles. The fourth-order valence-electron chi connectivity index (χ4n) is 2.04. The summed E-state index contributed by atoms with van der Waals surface area (Å²) in [7, 11) is 0. The minimum atomic E-state index is -0.758. The second-order valence-corrected chi connectivity index (χ2v) is 5.29. The summed E-state index contributed by atoms with van der Waals surface area (Å²) >= 11 is 0. The number of pyridine rings is 1. The standard InChI is InChI=1S/C13H16F2N2O2/c1-8(12-10(15)3-9(14)5-16-12)17-11(18)4-13(2)6-19-7-13/h3,5,8H,4,6-7H2,1-2H3,(H,17,18)/t8-/m0/s1. The minimum Gasteiger partial charge on any atom is -0.380 e. The summed E-state index contributed by atoms with van der Waals surface area (Å²) in [5, 5.41) is 2.66. The van der Waals surface area contributed by atoms with Crippen molar-refractivity contribution in [3.63, 3.8) is 0 Å². The minimum absolute atomic E-state index is 0.0322. The molecule has 1 fully saturated rings. The van der Waals surface area contributed by atoms with Gasteiger partial charge < -0.3 is 10.1 Å². The molecule has 1 saturated heterocycles. The number of rotatable bonds is 4. The summed E-state index contributed by atoms with van der Waals surface area (Å²) in [5.41, 5.74) is -0.108. The van der Waals surface area contributed by atoms with Gasteiger partial charge in [-0.15, -0.1) is 0 Å². The fraction of sp³-hybridized carbons (Fsp3) is 0.538. The van der Waals surface area contributed by atoms with Crippen molar-refractivity contribution in [2.75, 3.05) is 13.2 Å². The molecule has 0 bridgehead atoms. The van der Waals surface area contributed by atoms with Crippen LogP contribution in [0.25, 0.3) is 0 Å². The summed E-state index contributed by atoms with van der Waals surface area (Å²) in [6.45, 7) is 4.67. The van der Waals surface area contributed by atoms with Crippen molar-refractivity contribution in [1.29, 1.82) is 0 Å². The van der Waals surface area contributed by atoms with E-state index in [0.717, 1.165) is 12.3 Å². The van der Waals surface area contributed by atoms with Crippen molar-refractivity contribution in [2.24, 2.45) is 5.41 Å². The average Bonchev–Trinajstić information content (AvgIpc) is 2.26. The molecule has 0 radical (unpaired) electrons. The number of amides is 1. The lowest BCUT2D eigenvalue weighted by Gasteiger charge is -2.37. The molecular formula is C13H16F2N2O2. The lowest BCUT2D eigenvalue weighted by atomic mass is 9.84. The zero-order valence-electron chi connectivity index (χ0n) is 10.9. The zero-order valence-corrected chi connectivity index (χ0v) is 10.9. The number of hydrogen-bond donors (Lipinski definition) is 1. The van der Waals surface area contributed by atoms with Crippen molar-refractivity contribution in [3.8, 4) is 0 Å². The topological polar surface area (TPSA) is 51.2 Å². The second kappa shape index (κ2) is 5.21.